The molecule has 0 saturated heterocycles. The first-order valence-electron chi connectivity index (χ1n) is 15.4. The fourth-order valence-electron chi connectivity index (χ4n) is 7.92. The standard InChI is InChI=1S/C33H53FO/c1-3-35-25(2)29-14-8-27(9-15-29)6-7-28-12-18-31(19-13-28)33-22-20-32(21-23-33)30-16-10-26(11-17-30)5-4-24-34/h10-11,16-17,25,27-29,31-33H,3-9,12-15,18-24H2,1-2H3/t25?,27-,28-,29-,31-,32?,33?. The van der Waals surface area contributed by atoms with Crippen molar-refractivity contribution < 1.29 is 9.13 Å². The smallest absolute Gasteiger partial charge is 0.0897 e. The lowest BCUT2D eigenvalue weighted by Crippen LogP contribution is -2.27. The van der Waals surface area contributed by atoms with Crippen molar-refractivity contribution in [2.24, 2.45) is 29.6 Å². The molecule has 3 aliphatic carbocycles. The fourth-order valence-corrected chi connectivity index (χ4v) is 7.92. The Morgan fingerprint density at radius 2 is 1.31 bits per heavy atom. The Balaban J connectivity index is 1.10. The third-order valence-electron chi connectivity index (χ3n) is 10.3. The van der Waals surface area contributed by atoms with Gasteiger partial charge >= 0.3 is 0 Å². The van der Waals surface area contributed by atoms with Crippen LogP contribution in [0.5, 0.6) is 0 Å². The summed E-state index contributed by atoms with van der Waals surface area (Å²) in [5.41, 5.74) is 2.82. The number of alkyl halides is 1. The number of rotatable bonds is 11. The highest BCUT2D eigenvalue weighted by Crippen LogP contribution is 2.45. The fraction of sp³-hybridized carbons (Fsp3) is 0.818. The maximum atomic E-state index is 12.4. The van der Waals surface area contributed by atoms with Gasteiger partial charge in [-0.2, -0.15) is 0 Å². The molecule has 0 N–H and O–H groups in total. The van der Waals surface area contributed by atoms with Crippen molar-refractivity contribution in [2.45, 2.75) is 129 Å². The van der Waals surface area contributed by atoms with Crippen LogP contribution in [0.15, 0.2) is 24.3 Å². The van der Waals surface area contributed by atoms with Crippen LogP contribution in [0, 0.1) is 29.6 Å². The van der Waals surface area contributed by atoms with Crippen LogP contribution in [0.3, 0.4) is 0 Å². The second-order valence-corrected chi connectivity index (χ2v) is 12.4. The predicted octanol–water partition coefficient (Wildman–Crippen LogP) is 9.68. The molecule has 35 heavy (non-hydrogen) atoms. The van der Waals surface area contributed by atoms with E-state index in [-0.39, 0.29) is 6.67 Å². The predicted molar refractivity (Wildman–Crippen MR) is 147 cm³/mol. The van der Waals surface area contributed by atoms with E-state index in [1.54, 1.807) is 0 Å². The zero-order chi connectivity index (χ0) is 24.5. The molecular weight excluding hydrogens is 431 g/mol. The molecule has 198 valence electrons. The zero-order valence-corrected chi connectivity index (χ0v) is 22.9. The summed E-state index contributed by atoms with van der Waals surface area (Å²) in [7, 11) is 0. The van der Waals surface area contributed by atoms with E-state index in [4.69, 9.17) is 4.74 Å². The summed E-state index contributed by atoms with van der Waals surface area (Å²) in [6.45, 7) is 5.07. The van der Waals surface area contributed by atoms with Gasteiger partial charge in [0.2, 0.25) is 0 Å². The van der Waals surface area contributed by atoms with Gasteiger partial charge in [0, 0.05) is 6.61 Å². The summed E-state index contributed by atoms with van der Waals surface area (Å²) in [5.74, 6) is 5.56. The van der Waals surface area contributed by atoms with Gasteiger partial charge < -0.3 is 4.74 Å². The Morgan fingerprint density at radius 1 is 0.771 bits per heavy atom. The van der Waals surface area contributed by atoms with Gasteiger partial charge in [-0.1, -0.05) is 62.8 Å². The Hall–Kier alpha value is -0.890. The molecule has 3 saturated carbocycles. The minimum Gasteiger partial charge on any atom is -0.379 e. The molecular formula is C33H53FO. The highest BCUT2D eigenvalue weighted by molar-refractivity contribution is 5.26. The van der Waals surface area contributed by atoms with Crippen molar-refractivity contribution in [3.63, 3.8) is 0 Å². The summed E-state index contributed by atoms with van der Waals surface area (Å²) >= 11 is 0. The van der Waals surface area contributed by atoms with Gasteiger partial charge in [-0.05, 0) is 125 Å². The number of hydrogen-bond acceptors (Lipinski definition) is 1. The Labute approximate surface area is 216 Å². The van der Waals surface area contributed by atoms with Crippen molar-refractivity contribution in [1.29, 1.82) is 0 Å². The van der Waals surface area contributed by atoms with Gasteiger partial charge in [-0.15, -0.1) is 0 Å². The molecule has 1 unspecified atom stereocenters. The highest BCUT2D eigenvalue weighted by Gasteiger charge is 2.32. The minimum absolute atomic E-state index is 0.205. The lowest BCUT2D eigenvalue weighted by Gasteiger charge is -2.38. The maximum absolute atomic E-state index is 12.4. The third kappa shape index (κ3) is 8.05. The molecule has 0 radical (unpaired) electrons. The highest BCUT2D eigenvalue weighted by atomic mass is 19.1. The summed E-state index contributed by atoms with van der Waals surface area (Å²) in [6.07, 6.45) is 22.3. The van der Waals surface area contributed by atoms with E-state index in [9.17, 15) is 4.39 Å². The molecule has 1 aromatic carbocycles. The van der Waals surface area contributed by atoms with Crippen LogP contribution in [0.25, 0.3) is 0 Å². The lowest BCUT2D eigenvalue weighted by molar-refractivity contribution is 0.0136. The van der Waals surface area contributed by atoms with Crippen LogP contribution in [0.4, 0.5) is 4.39 Å². The quantitative estimate of drug-likeness (QED) is 0.304. The zero-order valence-electron chi connectivity index (χ0n) is 22.9. The van der Waals surface area contributed by atoms with E-state index < -0.39 is 0 Å². The number of ether oxygens (including phenoxy) is 1. The van der Waals surface area contributed by atoms with Gasteiger partial charge in [0.05, 0.1) is 12.8 Å². The number of aryl methyl sites for hydroxylation is 1. The van der Waals surface area contributed by atoms with E-state index >= 15 is 0 Å². The van der Waals surface area contributed by atoms with E-state index in [2.05, 4.69) is 38.1 Å². The first-order valence-corrected chi connectivity index (χ1v) is 15.4. The summed E-state index contributed by atoms with van der Waals surface area (Å²) in [6, 6.07) is 9.14. The molecule has 3 fully saturated rings. The van der Waals surface area contributed by atoms with Crippen molar-refractivity contribution >= 4 is 0 Å². The van der Waals surface area contributed by atoms with Crippen LogP contribution in [-0.4, -0.2) is 19.4 Å². The van der Waals surface area contributed by atoms with E-state index in [0.29, 0.717) is 12.5 Å². The Bertz CT molecular complexity index is 690. The van der Waals surface area contributed by atoms with Gasteiger partial charge in [-0.3, -0.25) is 4.39 Å². The molecule has 0 aromatic heterocycles. The van der Waals surface area contributed by atoms with Gasteiger partial charge in [0.15, 0.2) is 0 Å². The Kier molecular flexibility index (Phi) is 11.0. The molecule has 1 atom stereocenters. The first-order chi connectivity index (χ1) is 17.2. The van der Waals surface area contributed by atoms with E-state index in [0.717, 1.165) is 48.5 Å². The van der Waals surface area contributed by atoms with Gasteiger partial charge in [-0.25, -0.2) is 0 Å². The van der Waals surface area contributed by atoms with Gasteiger partial charge in [0.25, 0.3) is 0 Å². The molecule has 0 spiro atoms. The number of hydrogen-bond donors (Lipinski definition) is 0. The molecule has 0 amide bonds. The van der Waals surface area contributed by atoms with E-state index in [1.807, 2.05) is 0 Å². The SMILES string of the molecule is CCOC(C)[C@H]1CC[C@H](CC[C@H]2CC[C@H](C3CCC(c4ccc(CCCF)cc4)CC3)CC2)CC1. The molecule has 3 aliphatic rings. The molecule has 1 aromatic rings. The maximum Gasteiger partial charge on any atom is 0.0897 e. The molecule has 1 nitrogen and oxygen atoms in total. The average Bonchev–Trinajstić information content (AvgIpc) is 2.92. The summed E-state index contributed by atoms with van der Waals surface area (Å²) in [5, 5.41) is 0. The number of halogens is 1. The van der Waals surface area contributed by atoms with Crippen molar-refractivity contribution in [2.75, 3.05) is 13.3 Å². The molecule has 0 heterocycles. The largest absolute Gasteiger partial charge is 0.379 e. The van der Waals surface area contributed by atoms with E-state index in [1.165, 1.54) is 101 Å². The van der Waals surface area contributed by atoms with Crippen LogP contribution >= 0.6 is 0 Å². The van der Waals surface area contributed by atoms with Crippen molar-refractivity contribution in [3.8, 4) is 0 Å². The second kappa shape index (κ2) is 14.2. The molecule has 0 aliphatic heterocycles. The minimum atomic E-state index is -0.205. The third-order valence-corrected chi connectivity index (χ3v) is 10.3. The van der Waals surface area contributed by atoms with Crippen molar-refractivity contribution in [3.05, 3.63) is 35.4 Å². The monoisotopic (exact) mass is 484 g/mol. The van der Waals surface area contributed by atoms with Crippen LogP contribution in [-0.2, 0) is 11.2 Å². The average molecular weight is 485 g/mol. The molecule has 4 rings (SSSR count). The lowest BCUT2D eigenvalue weighted by atomic mass is 9.67. The van der Waals surface area contributed by atoms with Crippen molar-refractivity contribution in [1.82, 2.24) is 0 Å². The normalized spacial score (nSPS) is 32.9. The second-order valence-electron chi connectivity index (χ2n) is 12.4. The van der Waals surface area contributed by atoms with Gasteiger partial charge in [0.1, 0.15) is 0 Å². The Morgan fingerprint density at radius 3 is 1.86 bits per heavy atom. The molecule has 0 bridgehead atoms. The van der Waals surface area contributed by atoms with Crippen LogP contribution in [0.2, 0.25) is 0 Å². The van der Waals surface area contributed by atoms with Crippen LogP contribution < -0.4 is 0 Å². The van der Waals surface area contributed by atoms with Crippen LogP contribution in [0.1, 0.15) is 127 Å². The summed E-state index contributed by atoms with van der Waals surface area (Å²) < 4.78 is 18.3. The first kappa shape index (κ1) is 27.2. The summed E-state index contributed by atoms with van der Waals surface area (Å²) in [4.78, 5) is 0. The topological polar surface area (TPSA) is 9.23 Å². The molecule has 2 heteroatoms. The number of benzene rings is 1.